The Labute approximate surface area is 183 Å². The van der Waals surface area contributed by atoms with Gasteiger partial charge in [-0.3, -0.25) is 9.36 Å². The number of aromatic nitrogens is 2. The van der Waals surface area contributed by atoms with Gasteiger partial charge < -0.3 is 14.6 Å². The van der Waals surface area contributed by atoms with Gasteiger partial charge >= 0.3 is 6.09 Å². The van der Waals surface area contributed by atoms with Gasteiger partial charge in [-0.15, -0.1) is 0 Å². The van der Waals surface area contributed by atoms with Crippen molar-refractivity contribution in [1.29, 1.82) is 0 Å². The molecule has 1 aliphatic rings. The van der Waals surface area contributed by atoms with Gasteiger partial charge in [0.2, 0.25) is 0 Å². The number of rotatable bonds is 2. The van der Waals surface area contributed by atoms with E-state index < -0.39 is 6.09 Å². The molecule has 0 atom stereocenters. The number of hydrogen-bond donors (Lipinski definition) is 1. The number of pyridine rings is 1. The highest BCUT2D eigenvalue weighted by atomic mass is 35.5. The Kier molecular flexibility index (Phi) is 4.59. The fourth-order valence-electron chi connectivity index (χ4n) is 4.39. The number of aryl methyl sites for hydroxylation is 1. The summed E-state index contributed by atoms with van der Waals surface area (Å²) < 4.78 is 3.73. The summed E-state index contributed by atoms with van der Waals surface area (Å²) in [5.41, 5.74) is 5.60. The van der Waals surface area contributed by atoms with Crippen LogP contribution in [0.5, 0.6) is 0 Å². The van der Waals surface area contributed by atoms with Gasteiger partial charge in [0.1, 0.15) is 0 Å². The van der Waals surface area contributed by atoms with E-state index >= 15 is 0 Å². The Morgan fingerprint density at radius 1 is 1.03 bits per heavy atom. The fourth-order valence-corrected chi connectivity index (χ4v) is 4.52. The van der Waals surface area contributed by atoms with Crippen molar-refractivity contribution in [3.05, 3.63) is 87.4 Å². The van der Waals surface area contributed by atoms with Crippen molar-refractivity contribution >= 4 is 28.6 Å². The predicted octanol–water partition coefficient (Wildman–Crippen LogP) is 4.69. The number of halogens is 1. The van der Waals surface area contributed by atoms with Crippen LogP contribution in [0.25, 0.3) is 27.7 Å². The molecule has 0 bridgehead atoms. The Morgan fingerprint density at radius 2 is 1.81 bits per heavy atom. The third-order valence-corrected chi connectivity index (χ3v) is 6.29. The van der Waals surface area contributed by atoms with E-state index in [0.717, 1.165) is 39.0 Å². The Bertz CT molecular complexity index is 1390. The van der Waals surface area contributed by atoms with Gasteiger partial charge in [0.05, 0.1) is 17.7 Å². The summed E-state index contributed by atoms with van der Waals surface area (Å²) >= 11 is 5.96. The molecule has 2 aromatic heterocycles. The lowest BCUT2D eigenvalue weighted by molar-refractivity contribution is 0.139. The van der Waals surface area contributed by atoms with Crippen LogP contribution < -0.4 is 5.56 Å². The molecule has 0 aliphatic carbocycles. The lowest BCUT2D eigenvalue weighted by atomic mass is 10.0. The van der Waals surface area contributed by atoms with Crippen molar-refractivity contribution in [2.24, 2.45) is 7.05 Å². The zero-order valence-corrected chi connectivity index (χ0v) is 17.6. The van der Waals surface area contributed by atoms with E-state index in [1.165, 1.54) is 4.90 Å². The molecule has 0 saturated heterocycles. The van der Waals surface area contributed by atoms with E-state index in [0.29, 0.717) is 24.5 Å². The van der Waals surface area contributed by atoms with Gasteiger partial charge in [0.15, 0.2) is 0 Å². The van der Waals surface area contributed by atoms with E-state index in [2.05, 4.69) is 4.57 Å². The van der Waals surface area contributed by atoms with Crippen LogP contribution in [0.2, 0.25) is 5.02 Å². The lowest BCUT2D eigenvalue weighted by Crippen LogP contribution is -2.34. The first-order chi connectivity index (χ1) is 14.9. The Hall–Kier alpha value is -3.51. The summed E-state index contributed by atoms with van der Waals surface area (Å²) in [4.78, 5) is 25.7. The maximum absolute atomic E-state index is 12.9. The van der Waals surface area contributed by atoms with Gasteiger partial charge in [-0.05, 0) is 41.5 Å². The normalized spacial score (nSPS) is 13.4. The number of carboxylic acid groups (broad SMARTS) is 1. The zero-order valence-electron chi connectivity index (χ0n) is 16.9. The third-order valence-electron chi connectivity index (χ3n) is 6.03. The van der Waals surface area contributed by atoms with Crippen molar-refractivity contribution < 1.29 is 9.90 Å². The summed E-state index contributed by atoms with van der Waals surface area (Å²) in [5.74, 6) is 0. The molecule has 3 heterocycles. The molecule has 7 heteroatoms. The standard InChI is InChI=1S/C24H20ClN3O3/c1-26-21-9-10-27(24(30)31)14-20(21)19-7-6-18(13-22(19)26)28-11-8-16(12-23(28)29)15-2-4-17(25)5-3-15/h2-8,11-13H,9-10,14H2,1H3,(H,30,31). The van der Waals surface area contributed by atoms with Crippen LogP contribution in [0.1, 0.15) is 11.3 Å². The number of benzene rings is 2. The number of amides is 1. The van der Waals surface area contributed by atoms with Crippen LogP contribution in [0, 0.1) is 0 Å². The second kappa shape index (κ2) is 7.32. The number of fused-ring (bicyclic) bond motifs is 3. The van der Waals surface area contributed by atoms with Gasteiger partial charge in [-0.25, -0.2) is 4.79 Å². The molecule has 0 unspecified atom stereocenters. The van der Waals surface area contributed by atoms with Crippen molar-refractivity contribution in [3.8, 4) is 16.8 Å². The quantitative estimate of drug-likeness (QED) is 0.499. The monoisotopic (exact) mass is 433 g/mol. The molecule has 2 aromatic carbocycles. The van der Waals surface area contributed by atoms with Gasteiger partial charge in [-0.2, -0.15) is 0 Å². The second-order valence-electron chi connectivity index (χ2n) is 7.77. The molecular weight excluding hydrogens is 414 g/mol. The molecule has 1 amide bonds. The first kappa shape index (κ1) is 19.5. The molecule has 0 fully saturated rings. The maximum atomic E-state index is 12.9. The number of hydrogen-bond acceptors (Lipinski definition) is 2. The molecule has 0 saturated carbocycles. The Balaban J connectivity index is 1.56. The summed E-state index contributed by atoms with van der Waals surface area (Å²) in [6, 6.07) is 16.8. The predicted molar refractivity (Wildman–Crippen MR) is 121 cm³/mol. The van der Waals surface area contributed by atoms with Crippen molar-refractivity contribution in [3.63, 3.8) is 0 Å². The van der Waals surface area contributed by atoms with Crippen molar-refractivity contribution in [2.45, 2.75) is 13.0 Å². The largest absolute Gasteiger partial charge is 0.465 e. The van der Waals surface area contributed by atoms with E-state index in [1.807, 2.05) is 43.4 Å². The summed E-state index contributed by atoms with van der Waals surface area (Å²) in [6.07, 6.45) is 1.56. The fraction of sp³-hybridized carbons (Fsp3) is 0.167. The smallest absolute Gasteiger partial charge is 0.407 e. The Morgan fingerprint density at radius 3 is 2.52 bits per heavy atom. The molecule has 1 aliphatic heterocycles. The summed E-state index contributed by atoms with van der Waals surface area (Å²) in [5, 5.41) is 11.0. The summed E-state index contributed by atoms with van der Waals surface area (Å²) in [7, 11) is 1.99. The van der Waals surface area contributed by atoms with Crippen LogP contribution in [0.15, 0.2) is 65.6 Å². The van der Waals surface area contributed by atoms with Gasteiger partial charge in [0, 0.05) is 53.9 Å². The molecule has 156 valence electrons. The molecule has 4 aromatic rings. The van der Waals surface area contributed by atoms with E-state index in [4.69, 9.17) is 11.6 Å². The average molecular weight is 434 g/mol. The minimum atomic E-state index is -0.897. The van der Waals surface area contributed by atoms with Crippen LogP contribution in [-0.4, -0.2) is 31.8 Å². The van der Waals surface area contributed by atoms with Crippen LogP contribution in [0.4, 0.5) is 4.79 Å². The van der Waals surface area contributed by atoms with Crippen molar-refractivity contribution in [2.75, 3.05) is 6.54 Å². The maximum Gasteiger partial charge on any atom is 0.407 e. The number of nitrogens with zero attached hydrogens (tertiary/aromatic N) is 3. The average Bonchev–Trinajstić information content (AvgIpc) is 3.05. The molecule has 0 radical (unpaired) electrons. The number of carbonyl (C=O) groups is 1. The van der Waals surface area contributed by atoms with E-state index in [-0.39, 0.29) is 5.56 Å². The van der Waals surface area contributed by atoms with Crippen LogP contribution in [0.3, 0.4) is 0 Å². The first-order valence-electron chi connectivity index (χ1n) is 9.99. The van der Waals surface area contributed by atoms with Gasteiger partial charge in [-0.1, -0.05) is 29.8 Å². The molecule has 31 heavy (non-hydrogen) atoms. The van der Waals surface area contributed by atoms with Crippen molar-refractivity contribution in [1.82, 2.24) is 14.0 Å². The first-order valence-corrected chi connectivity index (χ1v) is 10.4. The van der Waals surface area contributed by atoms with Crippen LogP contribution >= 0.6 is 11.6 Å². The minimum Gasteiger partial charge on any atom is -0.465 e. The third kappa shape index (κ3) is 3.29. The molecule has 5 rings (SSSR count). The highest BCUT2D eigenvalue weighted by molar-refractivity contribution is 6.30. The van der Waals surface area contributed by atoms with E-state index in [9.17, 15) is 14.7 Å². The van der Waals surface area contributed by atoms with Crippen LogP contribution in [-0.2, 0) is 20.0 Å². The lowest BCUT2D eigenvalue weighted by Gasteiger charge is -2.25. The zero-order chi connectivity index (χ0) is 21.7. The molecule has 1 N–H and O–H groups in total. The molecule has 0 spiro atoms. The second-order valence-corrected chi connectivity index (χ2v) is 8.21. The van der Waals surface area contributed by atoms with Gasteiger partial charge in [0.25, 0.3) is 5.56 Å². The van der Waals surface area contributed by atoms with E-state index in [1.54, 1.807) is 29.0 Å². The minimum absolute atomic E-state index is 0.122. The topological polar surface area (TPSA) is 67.5 Å². The molecular formula is C24H20ClN3O3. The highest BCUT2D eigenvalue weighted by Gasteiger charge is 2.25. The highest BCUT2D eigenvalue weighted by Crippen LogP contribution is 2.31. The molecule has 6 nitrogen and oxygen atoms in total. The summed E-state index contributed by atoms with van der Waals surface area (Å²) in [6.45, 7) is 0.877. The SMILES string of the molecule is Cn1c2c(c3ccc(-n4ccc(-c5ccc(Cl)cc5)cc4=O)cc31)CN(C(=O)O)CC2.